The molecule has 5 nitrogen and oxygen atoms in total. The third-order valence-corrected chi connectivity index (χ3v) is 4.46. The van der Waals surface area contributed by atoms with E-state index < -0.39 is 23.9 Å². The van der Waals surface area contributed by atoms with Gasteiger partial charge in [-0.3, -0.25) is 4.79 Å². The maximum atomic E-state index is 12.5. The summed E-state index contributed by atoms with van der Waals surface area (Å²) in [4.78, 5) is 12.5. The van der Waals surface area contributed by atoms with E-state index in [-0.39, 0.29) is 12.2 Å². The molecule has 0 aromatic carbocycles. The second kappa shape index (κ2) is 11.2. The molecule has 0 aromatic rings. The molecule has 1 unspecified atom stereocenters. The van der Waals surface area contributed by atoms with Crippen molar-refractivity contribution in [1.82, 2.24) is 0 Å². The van der Waals surface area contributed by atoms with Gasteiger partial charge < -0.3 is 19.3 Å². The minimum atomic E-state index is -1.22. The minimum absolute atomic E-state index is 0.0498. The lowest BCUT2D eigenvalue weighted by molar-refractivity contribution is -0.218. The van der Waals surface area contributed by atoms with Gasteiger partial charge in [0.1, 0.15) is 18.3 Å². The van der Waals surface area contributed by atoms with E-state index in [2.05, 4.69) is 20.8 Å². The van der Waals surface area contributed by atoms with Gasteiger partial charge in [0.2, 0.25) is 0 Å². The number of carbonyl (C=O) groups excluding carboxylic acids is 1. The molecule has 0 amide bonds. The zero-order valence-electron chi connectivity index (χ0n) is 15.9. The van der Waals surface area contributed by atoms with E-state index in [1.807, 2.05) is 0 Å². The smallest absolute Gasteiger partial charge is 0.167 e. The highest BCUT2D eigenvalue weighted by Gasteiger charge is 2.52. The molecule has 1 aliphatic rings. The average molecular weight is 344 g/mol. The van der Waals surface area contributed by atoms with Gasteiger partial charge in [-0.25, -0.2) is 0 Å². The van der Waals surface area contributed by atoms with Gasteiger partial charge in [0.15, 0.2) is 5.78 Å². The number of hydrogen-bond donors (Lipinski definition) is 1. The molecule has 0 radical (unpaired) electrons. The summed E-state index contributed by atoms with van der Waals surface area (Å²) in [7, 11) is 0. The third kappa shape index (κ3) is 6.43. The van der Waals surface area contributed by atoms with Gasteiger partial charge in [-0.05, 0) is 26.2 Å². The SMILES string of the molecule is CCCCO[C@H]1[C@@H](OCCCC)C(C)(O)CC(=O)[C@@H]1OCCCC. The summed E-state index contributed by atoms with van der Waals surface area (Å²) in [5, 5.41) is 10.7. The van der Waals surface area contributed by atoms with Crippen molar-refractivity contribution in [1.29, 1.82) is 0 Å². The molecular weight excluding hydrogens is 308 g/mol. The molecule has 5 heteroatoms. The molecule has 1 N–H and O–H groups in total. The van der Waals surface area contributed by atoms with Crippen LogP contribution < -0.4 is 0 Å². The first-order valence-corrected chi connectivity index (χ1v) is 9.57. The van der Waals surface area contributed by atoms with E-state index in [0.29, 0.717) is 19.8 Å². The maximum absolute atomic E-state index is 12.5. The highest BCUT2D eigenvalue weighted by atomic mass is 16.6. The molecule has 1 rings (SSSR count). The number of aliphatic hydroxyl groups is 1. The minimum Gasteiger partial charge on any atom is -0.387 e. The second-order valence-electron chi connectivity index (χ2n) is 6.98. The van der Waals surface area contributed by atoms with Crippen LogP contribution in [0.3, 0.4) is 0 Å². The van der Waals surface area contributed by atoms with Crippen molar-refractivity contribution in [3.8, 4) is 0 Å². The van der Waals surface area contributed by atoms with Crippen LogP contribution in [0.5, 0.6) is 0 Å². The van der Waals surface area contributed by atoms with Crippen molar-refractivity contribution in [3.05, 3.63) is 0 Å². The Balaban J connectivity index is 2.86. The molecule has 0 bridgehead atoms. The number of Topliss-reactive ketones (excluding diaryl/α,β-unsaturated/α-hetero) is 1. The molecule has 1 saturated carbocycles. The van der Waals surface area contributed by atoms with Crippen LogP contribution in [0, 0.1) is 0 Å². The largest absolute Gasteiger partial charge is 0.387 e. The van der Waals surface area contributed by atoms with E-state index in [9.17, 15) is 9.90 Å². The van der Waals surface area contributed by atoms with Gasteiger partial charge in [0.25, 0.3) is 0 Å². The lowest BCUT2D eigenvalue weighted by atomic mass is 9.79. The number of unbranched alkanes of at least 4 members (excludes halogenated alkanes) is 3. The quantitative estimate of drug-likeness (QED) is 0.551. The van der Waals surface area contributed by atoms with Crippen LogP contribution in [-0.4, -0.2) is 54.6 Å². The van der Waals surface area contributed by atoms with E-state index in [1.165, 1.54) is 0 Å². The molecule has 0 saturated heterocycles. The summed E-state index contributed by atoms with van der Waals surface area (Å²) in [6, 6.07) is 0. The third-order valence-electron chi connectivity index (χ3n) is 4.46. The number of ketones is 1. The average Bonchev–Trinajstić information content (AvgIpc) is 2.52. The molecule has 0 spiro atoms. The molecule has 0 aromatic heterocycles. The van der Waals surface area contributed by atoms with Crippen molar-refractivity contribution < 1.29 is 24.1 Å². The molecule has 142 valence electrons. The maximum Gasteiger partial charge on any atom is 0.167 e. The van der Waals surface area contributed by atoms with Crippen LogP contribution >= 0.6 is 0 Å². The molecule has 0 heterocycles. The van der Waals surface area contributed by atoms with Gasteiger partial charge in [0.05, 0.1) is 5.60 Å². The van der Waals surface area contributed by atoms with E-state index in [4.69, 9.17) is 14.2 Å². The van der Waals surface area contributed by atoms with Gasteiger partial charge in [0, 0.05) is 26.2 Å². The Labute approximate surface area is 147 Å². The fourth-order valence-electron chi connectivity index (χ4n) is 2.96. The number of rotatable bonds is 12. The highest BCUT2D eigenvalue weighted by Crippen LogP contribution is 2.33. The molecule has 24 heavy (non-hydrogen) atoms. The zero-order chi connectivity index (χ0) is 18.0. The Morgan fingerprint density at radius 1 is 0.958 bits per heavy atom. The summed E-state index contributed by atoms with van der Waals surface area (Å²) >= 11 is 0. The standard InChI is InChI=1S/C19H36O5/c1-5-8-11-22-16-15(20)14-19(4,21)18(24-13-10-7-3)17(16)23-12-9-6-2/h16-18,21H,5-14H2,1-4H3/t16-,17+,18+,19?/m0/s1. The van der Waals surface area contributed by atoms with Crippen molar-refractivity contribution in [2.75, 3.05) is 19.8 Å². The van der Waals surface area contributed by atoms with Crippen molar-refractivity contribution in [2.24, 2.45) is 0 Å². The van der Waals surface area contributed by atoms with Crippen LogP contribution in [0.15, 0.2) is 0 Å². The molecule has 1 fully saturated rings. The fraction of sp³-hybridized carbons (Fsp3) is 0.947. The van der Waals surface area contributed by atoms with Crippen LogP contribution in [0.2, 0.25) is 0 Å². The molecule has 0 aliphatic heterocycles. The molecule has 4 atom stereocenters. The Hall–Kier alpha value is -0.490. The molecular formula is C19H36O5. The van der Waals surface area contributed by atoms with Crippen LogP contribution in [-0.2, 0) is 19.0 Å². The van der Waals surface area contributed by atoms with Gasteiger partial charge in [-0.2, -0.15) is 0 Å². The normalized spacial score (nSPS) is 30.7. The Morgan fingerprint density at radius 3 is 2.00 bits per heavy atom. The Morgan fingerprint density at radius 2 is 1.46 bits per heavy atom. The lowest BCUT2D eigenvalue weighted by Crippen LogP contribution is -2.62. The van der Waals surface area contributed by atoms with E-state index in [0.717, 1.165) is 38.5 Å². The van der Waals surface area contributed by atoms with Gasteiger partial charge >= 0.3 is 0 Å². The van der Waals surface area contributed by atoms with Crippen molar-refractivity contribution in [3.63, 3.8) is 0 Å². The topological polar surface area (TPSA) is 65.0 Å². The summed E-state index contributed by atoms with van der Waals surface area (Å²) in [5.41, 5.74) is -1.22. The van der Waals surface area contributed by atoms with E-state index >= 15 is 0 Å². The summed E-state index contributed by atoms with van der Waals surface area (Å²) < 4.78 is 17.8. The second-order valence-corrected chi connectivity index (χ2v) is 6.98. The first-order chi connectivity index (χ1) is 11.5. The van der Waals surface area contributed by atoms with Crippen LogP contribution in [0.1, 0.15) is 72.6 Å². The highest BCUT2D eigenvalue weighted by molar-refractivity contribution is 5.86. The number of carbonyl (C=O) groups is 1. The first-order valence-electron chi connectivity index (χ1n) is 9.57. The fourth-order valence-corrected chi connectivity index (χ4v) is 2.96. The number of hydrogen-bond acceptors (Lipinski definition) is 5. The van der Waals surface area contributed by atoms with Crippen LogP contribution in [0.4, 0.5) is 0 Å². The monoisotopic (exact) mass is 344 g/mol. The Kier molecular flexibility index (Phi) is 10.0. The summed E-state index contributed by atoms with van der Waals surface area (Å²) in [5.74, 6) is -0.0899. The van der Waals surface area contributed by atoms with Crippen molar-refractivity contribution in [2.45, 2.75) is 96.6 Å². The summed E-state index contributed by atoms with van der Waals surface area (Å²) in [6.45, 7) is 9.58. The predicted octanol–water partition coefficient (Wildman–Crippen LogP) is 3.27. The molecule has 1 aliphatic carbocycles. The summed E-state index contributed by atoms with van der Waals surface area (Å²) in [6.07, 6.45) is 4.12. The van der Waals surface area contributed by atoms with E-state index in [1.54, 1.807) is 6.92 Å². The Bertz CT molecular complexity index is 356. The van der Waals surface area contributed by atoms with Gasteiger partial charge in [-0.15, -0.1) is 0 Å². The zero-order valence-corrected chi connectivity index (χ0v) is 15.9. The lowest BCUT2D eigenvalue weighted by Gasteiger charge is -2.44. The predicted molar refractivity (Wildman–Crippen MR) is 94.2 cm³/mol. The van der Waals surface area contributed by atoms with Crippen molar-refractivity contribution >= 4 is 5.78 Å². The van der Waals surface area contributed by atoms with Gasteiger partial charge in [-0.1, -0.05) is 40.0 Å². The van der Waals surface area contributed by atoms with Crippen LogP contribution in [0.25, 0.3) is 0 Å². The first kappa shape index (κ1) is 21.6. The number of ether oxygens (including phenoxy) is 3.